The molecule has 0 N–H and O–H groups in total. The number of hydrogen-bond donors (Lipinski definition) is 0. The molecular formula is C17H18FNO2S. The van der Waals surface area contributed by atoms with E-state index in [0.717, 1.165) is 35.6 Å². The summed E-state index contributed by atoms with van der Waals surface area (Å²) in [6.45, 7) is 0. The zero-order chi connectivity index (χ0) is 15.7. The minimum absolute atomic E-state index is 0.0558. The summed E-state index contributed by atoms with van der Waals surface area (Å²) < 4.78 is 40.3. The molecule has 0 aromatic heterocycles. The minimum atomic E-state index is -3.75. The molecule has 5 heteroatoms. The second-order valence-electron chi connectivity index (χ2n) is 5.56. The summed E-state index contributed by atoms with van der Waals surface area (Å²) >= 11 is 0. The first-order valence-electron chi connectivity index (χ1n) is 7.35. The number of halogens is 1. The highest BCUT2D eigenvalue weighted by Crippen LogP contribution is 2.28. The normalized spacial score (nSPS) is 14.5. The summed E-state index contributed by atoms with van der Waals surface area (Å²) in [5.74, 6) is -0.550. The summed E-state index contributed by atoms with van der Waals surface area (Å²) in [6.07, 6.45) is 4.13. The maximum Gasteiger partial charge on any atom is 0.264 e. The Labute approximate surface area is 130 Å². The van der Waals surface area contributed by atoms with E-state index in [4.69, 9.17) is 0 Å². The first-order chi connectivity index (χ1) is 10.5. The molecule has 1 aliphatic rings. The topological polar surface area (TPSA) is 37.4 Å². The fraction of sp³-hybridized carbons (Fsp3) is 0.294. The van der Waals surface area contributed by atoms with E-state index in [2.05, 4.69) is 0 Å². The van der Waals surface area contributed by atoms with Crippen molar-refractivity contribution in [1.29, 1.82) is 0 Å². The molecule has 3 rings (SSSR count). The summed E-state index contributed by atoms with van der Waals surface area (Å²) in [4.78, 5) is 0.221. The van der Waals surface area contributed by atoms with E-state index in [-0.39, 0.29) is 10.6 Å². The van der Waals surface area contributed by atoms with Gasteiger partial charge in [0.05, 0.1) is 10.6 Å². The average molecular weight is 319 g/mol. The lowest BCUT2D eigenvalue weighted by Gasteiger charge is -2.22. The van der Waals surface area contributed by atoms with Crippen LogP contribution >= 0.6 is 0 Å². The Kier molecular flexibility index (Phi) is 3.91. The lowest BCUT2D eigenvalue weighted by molar-refractivity contribution is 0.589. The van der Waals surface area contributed by atoms with Gasteiger partial charge in [-0.3, -0.25) is 4.31 Å². The monoisotopic (exact) mass is 319 g/mol. The second kappa shape index (κ2) is 5.72. The molecule has 0 bridgehead atoms. The number of aryl methyl sites for hydroxylation is 2. The van der Waals surface area contributed by atoms with Gasteiger partial charge in [-0.05, 0) is 61.1 Å². The van der Waals surface area contributed by atoms with Crippen LogP contribution in [-0.4, -0.2) is 15.5 Å². The number of fused-ring (bicyclic) bond motifs is 1. The highest BCUT2D eigenvalue weighted by Gasteiger charge is 2.24. The van der Waals surface area contributed by atoms with Crippen molar-refractivity contribution < 1.29 is 12.8 Å². The van der Waals surface area contributed by atoms with Crippen LogP contribution in [-0.2, 0) is 22.9 Å². The van der Waals surface area contributed by atoms with Gasteiger partial charge >= 0.3 is 0 Å². The largest absolute Gasteiger partial charge is 0.266 e. The number of sulfonamides is 1. The van der Waals surface area contributed by atoms with Crippen molar-refractivity contribution in [2.24, 2.45) is 0 Å². The van der Waals surface area contributed by atoms with E-state index in [1.54, 1.807) is 18.2 Å². The number of hydrogen-bond acceptors (Lipinski definition) is 2. The standard InChI is InChI=1S/C17H18FNO2S/c1-19(17-9-5-4-8-16(17)18)22(20,21)15-11-10-13-6-2-3-7-14(13)12-15/h4-5,8-12H,2-3,6-7H2,1H3. The molecule has 0 saturated heterocycles. The zero-order valence-electron chi connectivity index (χ0n) is 12.4. The van der Waals surface area contributed by atoms with Crippen LogP contribution in [0.4, 0.5) is 10.1 Å². The van der Waals surface area contributed by atoms with Gasteiger partial charge in [0.25, 0.3) is 10.0 Å². The Morgan fingerprint density at radius 2 is 1.68 bits per heavy atom. The van der Waals surface area contributed by atoms with Crippen LogP contribution in [0.25, 0.3) is 0 Å². The molecule has 0 heterocycles. The smallest absolute Gasteiger partial charge is 0.264 e. The highest BCUT2D eigenvalue weighted by molar-refractivity contribution is 7.92. The Hall–Kier alpha value is -1.88. The Balaban J connectivity index is 2.01. The van der Waals surface area contributed by atoms with E-state index >= 15 is 0 Å². The van der Waals surface area contributed by atoms with Crippen LogP contribution in [0.5, 0.6) is 0 Å². The van der Waals surface area contributed by atoms with Crippen LogP contribution in [0, 0.1) is 5.82 Å². The molecule has 2 aromatic rings. The number of anilines is 1. The van der Waals surface area contributed by atoms with Crippen LogP contribution in [0.15, 0.2) is 47.4 Å². The molecule has 0 saturated carbocycles. The van der Waals surface area contributed by atoms with Crippen molar-refractivity contribution in [2.45, 2.75) is 30.6 Å². The van der Waals surface area contributed by atoms with Crippen molar-refractivity contribution in [3.05, 3.63) is 59.4 Å². The van der Waals surface area contributed by atoms with Crippen LogP contribution in [0.2, 0.25) is 0 Å². The second-order valence-corrected chi connectivity index (χ2v) is 7.53. The third-order valence-electron chi connectivity index (χ3n) is 4.17. The van der Waals surface area contributed by atoms with Crippen molar-refractivity contribution in [2.75, 3.05) is 11.4 Å². The van der Waals surface area contributed by atoms with Crippen molar-refractivity contribution in [1.82, 2.24) is 0 Å². The average Bonchev–Trinajstić information content (AvgIpc) is 2.54. The van der Waals surface area contributed by atoms with Crippen LogP contribution in [0.3, 0.4) is 0 Å². The van der Waals surface area contributed by atoms with Crippen molar-refractivity contribution in [3.63, 3.8) is 0 Å². The molecule has 0 aliphatic heterocycles. The molecule has 0 radical (unpaired) electrons. The molecule has 2 aromatic carbocycles. The van der Waals surface area contributed by atoms with Crippen LogP contribution in [0.1, 0.15) is 24.0 Å². The maximum absolute atomic E-state index is 13.9. The quantitative estimate of drug-likeness (QED) is 0.868. The molecule has 0 amide bonds. The number of rotatable bonds is 3. The van der Waals surface area contributed by atoms with E-state index in [9.17, 15) is 12.8 Å². The minimum Gasteiger partial charge on any atom is -0.266 e. The van der Waals surface area contributed by atoms with Gasteiger partial charge in [-0.1, -0.05) is 18.2 Å². The number of benzene rings is 2. The molecule has 0 fully saturated rings. The lowest BCUT2D eigenvalue weighted by atomic mass is 9.92. The molecule has 0 atom stereocenters. The molecule has 3 nitrogen and oxygen atoms in total. The predicted octanol–water partition coefficient (Wildman–Crippen LogP) is 3.53. The summed E-state index contributed by atoms with van der Waals surface area (Å²) in [6, 6.07) is 11.1. The van der Waals surface area contributed by atoms with E-state index in [0.29, 0.717) is 0 Å². The Morgan fingerprint density at radius 3 is 2.41 bits per heavy atom. The van der Waals surface area contributed by atoms with Gasteiger partial charge in [0.1, 0.15) is 5.82 Å². The van der Waals surface area contributed by atoms with Gasteiger partial charge in [0.15, 0.2) is 0 Å². The Bertz CT molecular complexity index is 802. The van der Waals surface area contributed by atoms with Gasteiger partial charge in [-0.25, -0.2) is 12.8 Å². The zero-order valence-corrected chi connectivity index (χ0v) is 13.2. The van der Waals surface area contributed by atoms with E-state index in [1.807, 2.05) is 6.07 Å². The fourth-order valence-corrected chi connectivity index (χ4v) is 4.12. The summed E-state index contributed by atoms with van der Waals surface area (Å²) in [5, 5.41) is 0. The third-order valence-corrected chi connectivity index (χ3v) is 5.94. The van der Waals surface area contributed by atoms with Crippen molar-refractivity contribution in [3.8, 4) is 0 Å². The van der Waals surface area contributed by atoms with Gasteiger partial charge in [-0.15, -0.1) is 0 Å². The number of nitrogens with zero attached hydrogens (tertiary/aromatic N) is 1. The SMILES string of the molecule is CN(c1ccccc1F)S(=O)(=O)c1ccc2c(c1)CCCC2. The molecule has 0 unspecified atom stereocenters. The fourth-order valence-electron chi connectivity index (χ4n) is 2.86. The predicted molar refractivity (Wildman–Crippen MR) is 85.1 cm³/mol. The first-order valence-corrected chi connectivity index (χ1v) is 8.79. The molecule has 22 heavy (non-hydrogen) atoms. The van der Waals surface area contributed by atoms with Gasteiger partial charge < -0.3 is 0 Å². The molecular weight excluding hydrogens is 301 g/mol. The lowest BCUT2D eigenvalue weighted by Crippen LogP contribution is -2.27. The van der Waals surface area contributed by atoms with E-state index in [1.165, 1.54) is 30.8 Å². The molecule has 0 spiro atoms. The first kappa shape index (κ1) is 15.0. The summed E-state index contributed by atoms with van der Waals surface area (Å²) in [5.41, 5.74) is 2.37. The maximum atomic E-state index is 13.9. The summed E-state index contributed by atoms with van der Waals surface area (Å²) in [7, 11) is -2.37. The highest BCUT2D eigenvalue weighted by atomic mass is 32.2. The van der Waals surface area contributed by atoms with Gasteiger partial charge in [0.2, 0.25) is 0 Å². The number of para-hydroxylation sites is 1. The van der Waals surface area contributed by atoms with Gasteiger partial charge in [-0.2, -0.15) is 0 Å². The van der Waals surface area contributed by atoms with E-state index < -0.39 is 15.8 Å². The van der Waals surface area contributed by atoms with Crippen molar-refractivity contribution >= 4 is 15.7 Å². The Morgan fingerprint density at radius 1 is 1.00 bits per heavy atom. The third kappa shape index (κ3) is 2.61. The van der Waals surface area contributed by atoms with Gasteiger partial charge in [0, 0.05) is 7.05 Å². The van der Waals surface area contributed by atoms with Crippen LogP contribution < -0.4 is 4.31 Å². The molecule has 116 valence electrons. The molecule has 1 aliphatic carbocycles.